The summed E-state index contributed by atoms with van der Waals surface area (Å²) in [5.41, 5.74) is 3.74. The van der Waals surface area contributed by atoms with Crippen LogP contribution in [0.15, 0.2) is 18.2 Å². The Balaban J connectivity index is 3.00. The molecule has 1 aromatic rings. The number of benzene rings is 1. The second-order valence-electron chi connectivity index (χ2n) is 3.52. The van der Waals surface area contributed by atoms with Gasteiger partial charge in [0, 0.05) is 0 Å². The average molecular weight is 187 g/mol. The van der Waals surface area contributed by atoms with E-state index in [1.54, 1.807) is 0 Å². The van der Waals surface area contributed by atoms with E-state index in [4.69, 9.17) is 6.42 Å². The van der Waals surface area contributed by atoms with E-state index in [0.29, 0.717) is 0 Å². The Bertz CT molecular complexity index is 347. The summed E-state index contributed by atoms with van der Waals surface area (Å²) < 4.78 is 0. The number of hydrogen-bond donors (Lipinski definition) is 1. The van der Waals surface area contributed by atoms with Crippen molar-refractivity contribution >= 4 is 0 Å². The highest BCUT2D eigenvalue weighted by Gasteiger charge is 2.08. The van der Waals surface area contributed by atoms with Crippen LogP contribution in [0.25, 0.3) is 0 Å². The highest BCUT2D eigenvalue weighted by molar-refractivity contribution is 5.36. The van der Waals surface area contributed by atoms with Crippen LogP contribution in [0.2, 0.25) is 0 Å². The largest absolute Gasteiger partial charge is 0.300 e. The van der Waals surface area contributed by atoms with E-state index in [1.807, 2.05) is 0 Å². The van der Waals surface area contributed by atoms with E-state index >= 15 is 0 Å². The molecule has 1 nitrogen and oxygen atoms in total. The van der Waals surface area contributed by atoms with Crippen LogP contribution in [0, 0.1) is 26.2 Å². The molecule has 0 fully saturated rings. The first-order chi connectivity index (χ1) is 6.69. The average Bonchev–Trinajstić information content (AvgIpc) is 2.15. The molecular formula is C13H17N. The van der Waals surface area contributed by atoms with Crippen LogP contribution >= 0.6 is 0 Å². The lowest BCUT2D eigenvalue weighted by Crippen LogP contribution is -2.20. The van der Waals surface area contributed by atoms with Gasteiger partial charge in [0.05, 0.1) is 6.04 Å². The number of rotatable bonds is 3. The minimum atomic E-state index is 0.0422. The number of aryl methyl sites for hydroxylation is 2. The molecule has 0 aliphatic heterocycles. The molecule has 74 valence electrons. The summed E-state index contributed by atoms with van der Waals surface area (Å²) >= 11 is 0. The van der Waals surface area contributed by atoms with Gasteiger partial charge < -0.3 is 5.32 Å². The lowest BCUT2D eigenvalue weighted by atomic mass is 10.00. The van der Waals surface area contributed by atoms with Gasteiger partial charge in [0.2, 0.25) is 0 Å². The van der Waals surface area contributed by atoms with Crippen LogP contribution in [0.3, 0.4) is 0 Å². The molecule has 0 saturated carbocycles. The minimum Gasteiger partial charge on any atom is -0.300 e. The standard InChI is InChI=1S/C13H17N/c1-5-13(14-6-2)12-8-7-10(3)9-11(12)4/h1,7-9,13-14H,6H2,2-4H3. The maximum atomic E-state index is 5.49. The van der Waals surface area contributed by atoms with Crippen molar-refractivity contribution in [3.8, 4) is 12.3 Å². The third kappa shape index (κ3) is 2.37. The van der Waals surface area contributed by atoms with E-state index in [-0.39, 0.29) is 6.04 Å². The summed E-state index contributed by atoms with van der Waals surface area (Å²) in [6.07, 6.45) is 5.49. The van der Waals surface area contributed by atoms with E-state index < -0.39 is 0 Å². The van der Waals surface area contributed by atoms with E-state index in [0.717, 1.165) is 6.54 Å². The quantitative estimate of drug-likeness (QED) is 0.717. The highest BCUT2D eigenvalue weighted by atomic mass is 14.9. The topological polar surface area (TPSA) is 12.0 Å². The third-order valence-electron chi connectivity index (χ3n) is 2.31. The Hall–Kier alpha value is -1.26. The summed E-state index contributed by atoms with van der Waals surface area (Å²) in [5.74, 6) is 2.77. The number of hydrogen-bond acceptors (Lipinski definition) is 1. The van der Waals surface area contributed by atoms with Gasteiger partial charge in [-0.25, -0.2) is 0 Å². The van der Waals surface area contributed by atoms with Crippen LogP contribution in [-0.2, 0) is 0 Å². The first-order valence-electron chi connectivity index (χ1n) is 4.95. The molecule has 0 bridgehead atoms. The molecule has 1 N–H and O–H groups in total. The van der Waals surface area contributed by atoms with Crippen molar-refractivity contribution in [1.29, 1.82) is 0 Å². The molecule has 0 spiro atoms. The lowest BCUT2D eigenvalue weighted by Gasteiger charge is -2.14. The molecule has 1 heteroatoms. The Morgan fingerprint density at radius 2 is 2.14 bits per heavy atom. The van der Waals surface area contributed by atoms with Crippen LogP contribution in [0.1, 0.15) is 29.7 Å². The highest BCUT2D eigenvalue weighted by Crippen LogP contribution is 2.18. The van der Waals surface area contributed by atoms with Gasteiger partial charge in [0.15, 0.2) is 0 Å². The molecule has 1 atom stereocenters. The monoisotopic (exact) mass is 187 g/mol. The third-order valence-corrected chi connectivity index (χ3v) is 2.31. The van der Waals surface area contributed by atoms with Crippen molar-refractivity contribution in [1.82, 2.24) is 5.32 Å². The molecular weight excluding hydrogens is 170 g/mol. The Morgan fingerprint density at radius 1 is 1.43 bits per heavy atom. The van der Waals surface area contributed by atoms with Gasteiger partial charge in [-0.15, -0.1) is 6.42 Å². The normalized spacial score (nSPS) is 12.1. The van der Waals surface area contributed by atoms with E-state index in [9.17, 15) is 0 Å². The first-order valence-corrected chi connectivity index (χ1v) is 4.95. The second kappa shape index (κ2) is 4.83. The van der Waals surface area contributed by atoms with Crippen molar-refractivity contribution in [2.45, 2.75) is 26.8 Å². The second-order valence-corrected chi connectivity index (χ2v) is 3.52. The summed E-state index contributed by atoms with van der Waals surface area (Å²) in [6.45, 7) is 7.15. The van der Waals surface area contributed by atoms with Crippen molar-refractivity contribution in [2.24, 2.45) is 0 Å². The molecule has 0 radical (unpaired) electrons. The predicted octanol–water partition coefficient (Wildman–Crippen LogP) is 2.59. The van der Waals surface area contributed by atoms with Gasteiger partial charge in [-0.3, -0.25) is 0 Å². The number of terminal acetylenes is 1. The van der Waals surface area contributed by atoms with Crippen molar-refractivity contribution in [3.05, 3.63) is 34.9 Å². The van der Waals surface area contributed by atoms with E-state index in [1.165, 1.54) is 16.7 Å². The lowest BCUT2D eigenvalue weighted by molar-refractivity contribution is 0.661. The molecule has 0 saturated heterocycles. The molecule has 1 rings (SSSR count). The van der Waals surface area contributed by atoms with Crippen LogP contribution < -0.4 is 5.32 Å². The zero-order chi connectivity index (χ0) is 10.6. The number of nitrogens with one attached hydrogen (secondary N) is 1. The molecule has 0 aromatic heterocycles. The van der Waals surface area contributed by atoms with Gasteiger partial charge in [0.25, 0.3) is 0 Å². The Labute approximate surface area is 86.5 Å². The summed E-state index contributed by atoms with van der Waals surface area (Å²) in [6, 6.07) is 6.42. The molecule has 1 unspecified atom stereocenters. The van der Waals surface area contributed by atoms with E-state index in [2.05, 4.69) is 50.2 Å². The van der Waals surface area contributed by atoms with Crippen LogP contribution in [0.4, 0.5) is 0 Å². The fourth-order valence-electron chi connectivity index (χ4n) is 1.61. The fraction of sp³-hybridized carbons (Fsp3) is 0.385. The van der Waals surface area contributed by atoms with Gasteiger partial charge >= 0.3 is 0 Å². The summed E-state index contributed by atoms with van der Waals surface area (Å²) in [7, 11) is 0. The Morgan fingerprint density at radius 3 is 2.64 bits per heavy atom. The predicted molar refractivity (Wildman–Crippen MR) is 61.2 cm³/mol. The molecule has 0 heterocycles. The maximum Gasteiger partial charge on any atom is 0.0945 e. The summed E-state index contributed by atoms with van der Waals surface area (Å²) in [5, 5.41) is 3.27. The van der Waals surface area contributed by atoms with Crippen LogP contribution in [0.5, 0.6) is 0 Å². The molecule has 0 aliphatic carbocycles. The van der Waals surface area contributed by atoms with Gasteiger partial charge in [-0.2, -0.15) is 0 Å². The zero-order valence-corrected chi connectivity index (χ0v) is 9.09. The van der Waals surface area contributed by atoms with Crippen molar-refractivity contribution < 1.29 is 0 Å². The van der Waals surface area contributed by atoms with Gasteiger partial charge in [0.1, 0.15) is 0 Å². The molecule has 14 heavy (non-hydrogen) atoms. The smallest absolute Gasteiger partial charge is 0.0945 e. The Kier molecular flexibility index (Phi) is 3.73. The van der Waals surface area contributed by atoms with Crippen LogP contribution in [-0.4, -0.2) is 6.54 Å². The molecule has 0 amide bonds. The first kappa shape index (κ1) is 10.8. The molecule has 0 aliphatic rings. The van der Waals surface area contributed by atoms with Crippen molar-refractivity contribution in [3.63, 3.8) is 0 Å². The van der Waals surface area contributed by atoms with Crippen molar-refractivity contribution in [2.75, 3.05) is 6.54 Å². The maximum absolute atomic E-state index is 5.49. The zero-order valence-electron chi connectivity index (χ0n) is 9.09. The fourth-order valence-corrected chi connectivity index (χ4v) is 1.61. The summed E-state index contributed by atoms with van der Waals surface area (Å²) in [4.78, 5) is 0. The molecule has 1 aromatic carbocycles. The van der Waals surface area contributed by atoms with Gasteiger partial charge in [-0.1, -0.05) is 36.6 Å². The SMILES string of the molecule is C#CC(NCC)c1ccc(C)cc1C. The van der Waals surface area contributed by atoms with Gasteiger partial charge in [-0.05, 0) is 31.5 Å². The minimum absolute atomic E-state index is 0.0422.